The lowest BCUT2D eigenvalue weighted by Gasteiger charge is -2.17. The standard InChI is InChI=1S/C11H16N2O3/c1-3-4-9-7(2)10(15)13(11(9)16)6-8(14)5-12/h3-4,8,14H,5-6,12H2,1-2H3/b4-3-. The minimum atomic E-state index is -0.870. The molecule has 2 amide bonds. The molecule has 16 heavy (non-hydrogen) atoms. The summed E-state index contributed by atoms with van der Waals surface area (Å²) in [5.41, 5.74) is 6.04. The highest BCUT2D eigenvalue weighted by Crippen LogP contribution is 2.21. The van der Waals surface area contributed by atoms with Crippen molar-refractivity contribution in [2.45, 2.75) is 20.0 Å². The second-order valence-electron chi connectivity index (χ2n) is 3.65. The predicted octanol–water partition coefficient (Wildman–Crippen LogP) is -0.433. The van der Waals surface area contributed by atoms with Gasteiger partial charge in [-0.15, -0.1) is 0 Å². The van der Waals surface area contributed by atoms with E-state index in [1.165, 1.54) is 0 Å². The van der Waals surface area contributed by atoms with Crippen LogP contribution in [0.25, 0.3) is 0 Å². The number of hydrogen-bond donors (Lipinski definition) is 2. The molecule has 0 saturated heterocycles. The Labute approximate surface area is 94.2 Å². The molecule has 0 aromatic carbocycles. The third-order valence-electron chi connectivity index (χ3n) is 2.44. The van der Waals surface area contributed by atoms with Gasteiger partial charge in [-0.25, -0.2) is 0 Å². The molecule has 5 nitrogen and oxygen atoms in total. The van der Waals surface area contributed by atoms with Crippen LogP contribution in [0.4, 0.5) is 0 Å². The molecule has 1 aliphatic rings. The van der Waals surface area contributed by atoms with E-state index in [0.717, 1.165) is 4.90 Å². The predicted molar refractivity (Wildman–Crippen MR) is 59.3 cm³/mol. The van der Waals surface area contributed by atoms with Crippen LogP contribution in [0.15, 0.2) is 23.3 Å². The molecule has 0 fully saturated rings. The first-order valence-corrected chi connectivity index (χ1v) is 5.10. The molecule has 3 N–H and O–H groups in total. The van der Waals surface area contributed by atoms with Crippen LogP contribution in [-0.4, -0.2) is 41.0 Å². The monoisotopic (exact) mass is 224 g/mol. The van der Waals surface area contributed by atoms with Crippen molar-refractivity contribution in [3.63, 3.8) is 0 Å². The van der Waals surface area contributed by atoms with E-state index in [1.54, 1.807) is 26.0 Å². The number of allylic oxidation sites excluding steroid dienone is 1. The van der Waals surface area contributed by atoms with Crippen LogP contribution >= 0.6 is 0 Å². The summed E-state index contributed by atoms with van der Waals surface area (Å²) >= 11 is 0. The normalized spacial score (nSPS) is 19.1. The van der Waals surface area contributed by atoms with Crippen molar-refractivity contribution in [2.24, 2.45) is 5.73 Å². The van der Waals surface area contributed by atoms with Crippen molar-refractivity contribution in [1.82, 2.24) is 4.90 Å². The largest absolute Gasteiger partial charge is 0.390 e. The fraction of sp³-hybridized carbons (Fsp3) is 0.455. The smallest absolute Gasteiger partial charge is 0.261 e. The van der Waals surface area contributed by atoms with Crippen LogP contribution in [0.2, 0.25) is 0 Å². The zero-order valence-corrected chi connectivity index (χ0v) is 9.43. The van der Waals surface area contributed by atoms with Gasteiger partial charge in [0.2, 0.25) is 0 Å². The van der Waals surface area contributed by atoms with Crippen LogP contribution < -0.4 is 5.73 Å². The summed E-state index contributed by atoms with van der Waals surface area (Å²) in [7, 11) is 0. The summed E-state index contributed by atoms with van der Waals surface area (Å²) in [5, 5.41) is 9.35. The van der Waals surface area contributed by atoms with Gasteiger partial charge in [0.25, 0.3) is 11.8 Å². The molecule has 0 saturated carbocycles. The van der Waals surface area contributed by atoms with Crippen LogP contribution in [0.1, 0.15) is 13.8 Å². The maximum Gasteiger partial charge on any atom is 0.261 e. The van der Waals surface area contributed by atoms with Gasteiger partial charge < -0.3 is 10.8 Å². The molecule has 0 aromatic heterocycles. The number of β-amino-alcohol motifs (C(OH)–C–C–N with tert-alkyl or cyclic N) is 1. The third kappa shape index (κ3) is 2.20. The fourth-order valence-electron chi connectivity index (χ4n) is 1.53. The van der Waals surface area contributed by atoms with E-state index < -0.39 is 6.10 Å². The van der Waals surface area contributed by atoms with Crippen LogP contribution in [0.5, 0.6) is 0 Å². The van der Waals surface area contributed by atoms with Gasteiger partial charge in [-0.2, -0.15) is 0 Å². The first-order valence-electron chi connectivity index (χ1n) is 5.10. The van der Waals surface area contributed by atoms with E-state index in [-0.39, 0.29) is 24.9 Å². The number of nitrogens with two attached hydrogens (primary N) is 1. The second kappa shape index (κ2) is 5.05. The minimum Gasteiger partial charge on any atom is -0.390 e. The minimum absolute atomic E-state index is 0.0229. The topological polar surface area (TPSA) is 83.6 Å². The highest BCUT2D eigenvalue weighted by atomic mass is 16.3. The molecular weight excluding hydrogens is 208 g/mol. The highest BCUT2D eigenvalue weighted by molar-refractivity contribution is 6.20. The zero-order chi connectivity index (χ0) is 12.3. The van der Waals surface area contributed by atoms with E-state index in [2.05, 4.69) is 0 Å². The lowest BCUT2D eigenvalue weighted by Crippen LogP contribution is -2.40. The number of rotatable bonds is 4. The summed E-state index contributed by atoms with van der Waals surface area (Å²) in [6.45, 7) is 3.35. The Balaban J connectivity index is 2.89. The Kier molecular flexibility index (Phi) is 3.98. The number of amides is 2. The highest BCUT2D eigenvalue weighted by Gasteiger charge is 2.35. The van der Waals surface area contributed by atoms with Crippen molar-refractivity contribution in [2.75, 3.05) is 13.1 Å². The summed E-state index contributed by atoms with van der Waals surface area (Å²) in [6.07, 6.45) is 2.43. The average molecular weight is 224 g/mol. The van der Waals surface area contributed by atoms with Crippen molar-refractivity contribution < 1.29 is 14.7 Å². The molecule has 1 atom stereocenters. The molecule has 0 bridgehead atoms. The molecule has 1 unspecified atom stereocenters. The van der Waals surface area contributed by atoms with E-state index in [1.807, 2.05) is 0 Å². The maximum atomic E-state index is 11.8. The molecule has 5 heteroatoms. The van der Waals surface area contributed by atoms with Crippen molar-refractivity contribution in [1.29, 1.82) is 0 Å². The Hall–Kier alpha value is -1.46. The van der Waals surface area contributed by atoms with Crippen LogP contribution in [0, 0.1) is 0 Å². The van der Waals surface area contributed by atoms with E-state index in [9.17, 15) is 14.7 Å². The Bertz CT molecular complexity index is 371. The van der Waals surface area contributed by atoms with Crippen molar-refractivity contribution >= 4 is 11.8 Å². The summed E-state index contributed by atoms with van der Waals surface area (Å²) in [6, 6.07) is 0. The first kappa shape index (κ1) is 12.6. The number of hydrogen-bond acceptors (Lipinski definition) is 4. The van der Waals surface area contributed by atoms with E-state index >= 15 is 0 Å². The van der Waals surface area contributed by atoms with Crippen molar-refractivity contribution in [3.05, 3.63) is 23.3 Å². The molecule has 88 valence electrons. The van der Waals surface area contributed by atoms with Gasteiger partial charge in [0.05, 0.1) is 12.6 Å². The molecule has 1 aliphatic heterocycles. The quantitative estimate of drug-likeness (QED) is 0.634. The maximum absolute atomic E-state index is 11.8. The van der Waals surface area contributed by atoms with Gasteiger partial charge in [0, 0.05) is 17.7 Å². The summed E-state index contributed by atoms with van der Waals surface area (Å²) in [4.78, 5) is 24.6. The number of nitrogens with zero attached hydrogens (tertiary/aromatic N) is 1. The van der Waals surface area contributed by atoms with Crippen LogP contribution in [-0.2, 0) is 9.59 Å². The number of carbonyl (C=O) groups is 2. The molecular formula is C11H16N2O3. The lowest BCUT2D eigenvalue weighted by atomic mass is 10.1. The van der Waals surface area contributed by atoms with Gasteiger partial charge in [-0.3, -0.25) is 14.5 Å². The van der Waals surface area contributed by atoms with Gasteiger partial charge in [0.15, 0.2) is 0 Å². The van der Waals surface area contributed by atoms with E-state index in [4.69, 9.17) is 5.73 Å². The lowest BCUT2D eigenvalue weighted by molar-refractivity contribution is -0.139. The second-order valence-corrected chi connectivity index (χ2v) is 3.65. The third-order valence-corrected chi connectivity index (χ3v) is 2.44. The number of carbonyl (C=O) groups excluding carboxylic acids is 2. The number of aliphatic hydroxyl groups excluding tert-OH is 1. The van der Waals surface area contributed by atoms with Gasteiger partial charge >= 0.3 is 0 Å². The number of aliphatic hydroxyl groups is 1. The molecule has 1 heterocycles. The zero-order valence-electron chi connectivity index (χ0n) is 9.43. The molecule has 0 radical (unpaired) electrons. The fourth-order valence-corrected chi connectivity index (χ4v) is 1.53. The Morgan fingerprint density at radius 2 is 2.06 bits per heavy atom. The van der Waals surface area contributed by atoms with Gasteiger partial charge in [-0.1, -0.05) is 12.2 Å². The SMILES string of the molecule is C/C=C\C1=C(C)C(=O)N(CC(O)CN)C1=O. The van der Waals surface area contributed by atoms with Gasteiger partial charge in [-0.05, 0) is 13.8 Å². The Morgan fingerprint density at radius 3 is 2.56 bits per heavy atom. The summed E-state index contributed by atoms with van der Waals surface area (Å²) in [5.74, 6) is -0.723. The van der Waals surface area contributed by atoms with Crippen LogP contribution in [0.3, 0.4) is 0 Å². The van der Waals surface area contributed by atoms with Gasteiger partial charge in [0.1, 0.15) is 0 Å². The van der Waals surface area contributed by atoms with E-state index in [0.29, 0.717) is 11.1 Å². The summed E-state index contributed by atoms with van der Waals surface area (Å²) < 4.78 is 0. The Morgan fingerprint density at radius 1 is 1.44 bits per heavy atom. The molecule has 0 spiro atoms. The molecule has 0 aliphatic carbocycles. The van der Waals surface area contributed by atoms with Crippen molar-refractivity contribution in [3.8, 4) is 0 Å². The molecule has 0 aromatic rings. The molecule has 1 rings (SSSR count). The number of imide groups is 1. The average Bonchev–Trinajstić information content (AvgIpc) is 2.46. The first-order chi connectivity index (χ1) is 7.52.